The van der Waals surface area contributed by atoms with E-state index in [4.69, 9.17) is 14.2 Å². The fraction of sp³-hybridized carbons (Fsp3) is 0.237. The second-order valence-corrected chi connectivity index (χ2v) is 13.8. The maximum Gasteiger partial charge on any atom is 0.338 e. The summed E-state index contributed by atoms with van der Waals surface area (Å²) in [7, 11) is 1.56. The lowest BCUT2D eigenvalue weighted by Gasteiger charge is -2.37. The van der Waals surface area contributed by atoms with Crippen LogP contribution in [0.4, 0.5) is 9.52 Å². The van der Waals surface area contributed by atoms with Crippen LogP contribution in [0.3, 0.4) is 0 Å². The zero-order valence-electron chi connectivity index (χ0n) is 29.9. The molecule has 1 aliphatic heterocycles. The van der Waals surface area contributed by atoms with Gasteiger partial charge in [-0.1, -0.05) is 5.21 Å². The van der Waals surface area contributed by atoms with Gasteiger partial charge in [0.05, 0.1) is 31.1 Å². The summed E-state index contributed by atoms with van der Waals surface area (Å²) in [5, 5.41) is 30.9. The Morgan fingerprint density at radius 3 is 2.60 bits per heavy atom. The molecule has 7 rings (SSSR count). The smallest absolute Gasteiger partial charge is 0.338 e. The molecule has 17 heteroatoms. The number of methoxy groups -OCH3 is 1. The number of fused-ring (bicyclic) bond motifs is 1. The van der Waals surface area contributed by atoms with Gasteiger partial charge in [0.1, 0.15) is 35.3 Å². The average molecular weight is 767 g/mol. The van der Waals surface area contributed by atoms with Crippen molar-refractivity contribution < 1.29 is 33.3 Å². The van der Waals surface area contributed by atoms with E-state index in [-0.39, 0.29) is 42.5 Å². The fourth-order valence-electron chi connectivity index (χ4n) is 6.28. The monoisotopic (exact) mass is 766 g/mol. The highest BCUT2D eigenvalue weighted by molar-refractivity contribution is 7.13. The van der Waals surface area contributed by atoms with Crippen LogP contribution in [0.5, 0.6) is 23.0 Å². The summed E-state index contributed by atoms with van der Waals surface area (Å²) in [6.45, 7) is 4.60. The Hall–Kier alpha value is -6.46. The quantitative estimate of drug-likeness (QED) is 0.137. The zero-order chi connectivity index (χ0) is 38.7. The van der Waals surface area contributed by atoms with Gasteiger partial charge in [0.25, 0.3) is 5.56 Å². The van der Waals surface area contributed by atoms with Crippen molar-refractivity contribution in [2.75, 3.05) is 25.6 Å². The number of aromatic nitrogens is 6. The van der Waals surface area contributed by atoms with Crippen molar-refractivity contribution in [3.63, 3.8) is 0 Å². The largest absolute Gasteiger partial charge is 0.497 e. The standard InChI is InChI=1S/C38H35FN8O7S/c1-22-16-30(44-47(35(22)49)24-4-6-25(52-3)7-5-24)31-21-46(45-43-31)13-14-53-32-17-23-10-11-41-38(2,20-34(48)42-37-40-12-15-55-37)28(23)19-33(32)54-26-8-9-27(36(50)51)29(39)18-26/h4-9,12,15-19,21,41H,10-11,13-14,20H2,1-3H3,(H,50,51)(H,40,42,48)/t38-/m1/s1. The van der Waals surface area contributed by atoms with Crippen molar-refractivity contribution in [1.29, 1.82) is 0 Å². The average Bonchev–Trinajstić information content (AvgIpc) is 3.86. The molecular weight excluding hydrogens is 732 g/mol. The Bertz CT molecular complexity index is 2430. The van der Waals surface area contributed by atoms with E-state index in [0.717, 1.165) is 23.3 Å². The Morgan fingerprint density at radius 2 is 1.87 bits per heavy atom. The minimum Gasteiger partial charge on any atom is -0.497 e. The molecule has 6 aromatic rings. The van der Waals surface area contributed by atoms with Crippen molar-refractivity contribution in [2.24, 2.45) is 0 Å². The molecule has 4 heterocycles. The third kappa shape index (κ3) is 8.07. The number of halogens is 1. The third-order valence-corrected chi connectivity index (χ3v) is 9.74. The molecule has 1 amide bonds. The topological polar surface area (TPSA) is 185 Å². The number of hydrogen-bond acceptors (Lipinski definition) is 12. The molecule has 55 heavy (non-hydrogen) atoms. The van der Waals surface area contributed by atoms with E-state index in [1.165, 1.54) is 22.1 Å². The number of carboxylic acids is 1. The number of thiazole rings is 1. The molecule has 15 nitrogen and oxygen atoms in total. The molecule has 0 spiro atoms. The van der Waals surface area contributed by atoms with Gasteiger partial charge in [0.2, 0.25) is 5.91 Å². The normalized spacial score (nSPS) is 14.9. The predicted molar refractivity (Wildman–Crippen MR) is 200 cm³/mol. The molecular formula is C38H35FN8O7S. The maximum absolute atomic E-state index is 14.7. The summed E-state index contributed by atoms with van der Waals surface area (Å²) in [6, 6.07) is 15.7. The molecule has 0 bridgehead atoms. The van der Waals surface area contributed by atoms with Gasteiger partial charge in [0, 0.05) is 41.7 Å². The van der Waals surface area contributed by atoms with E-state index < -0.39 is 22.9 Å². The van der Waals surface area contributed by atoms with E-state index in [0.29, 0.717) is 52.2 Å². The number of nitrogens with one attached hydrogen (secondary N) is 2. The van der Waals surface area contributed by atoms with E-state index in [2.05, 4.69) is 31.0 Å². The predicted octanol–water partition coefficient (Wildman–Crippen LogP) is 5.36. The van der Waals surface area contributed by atoms with Gasteiger partial charge < -0.3 is 30.0 Å². The van der Waals surface area contributed by atoms with Crippen molar-refractivity contribution in [2.45, 2.75) is 38.8 Å². The third-order valence-electron chi connectivity index (χ3n) is 9.05. The van der Waals surface area contributed by atoms with Crippen molar-refractivity contribution in [3.8, 4) is 40.1 Å². The van der Waals surface area contributed by atoms with Crippen LogP contribution in [-0.2, 0) is 23.3 Å². The lowest BCUT2D eigenvalue weighted by molar-refractivity contribution is -0.117. The molecule has 282 valence electrons. The second kappa shape index (κ2) is 15.5. The first-order valence-corrected chi connectivity index (χ1v) is 18.0. The number of carbonyl (C=O) groups is 2. The number of nitrogens with zero attached hydrogens (tertiary/aromatic N) is 6. The number of rotatable bonds is 13. The van der Waals surface area contributed by atoms with Gasteiger partial charge in [-0.15, -0.1) is 16.4 Å². The highest BCUT2D eigenvalue weighted by Crippen LogP contribution is 2.41. The second-order valence-electron chi connectivity index (χ2n) is 12.9. The fourth-order valence-corrected chi connectivity index (χ4v) is 6.83. The molecule has 1 atom stereocenters. The molecule has 1 aliphatic rings. The van der Waals surface area contributed by atoms with Crippen LogP contribution < -0.4 is 30.4 Å². The number of carboxylic acid groups (broad SMARTS) is 1. The number of aryl methyl sites for hydroxylation is 1. The zero-order valence-corrected chi connectivity index (χ0v) is 30.7. The minimum atomic E-state index is -1.40. The first-order chi connectivity index (χ1) is 26.5. The van der Waals surface area contributed by atoms with Crippen molar-refractivity contribution in [3.05, 3.63) is 117 Å². The Kier molecular flexibility index (Phi) is 10.4. The van der Waals surface area contributed by atoms with Crippen LogP contribution in [0.2, 0.25) is 0 Å². The molecule has 0 radical (unpaired) electrons. The lowest BCUT2D eigenvalue weighted by Crippen LogP contribution is -2.47. The first kappa shape index (κ1) is 36.9. The van der Waals surface area contributed by atoms with E-state index >= 15 is 0 Å². The van der Waals surface area contributed by atoms with Gasteiger partial charge in [-0.3, -0.25) is 9.59 Å². The summed E-state index contributed by atoms with van der Waals surface area (Å²) < 4.78 is 35.2. The number of anilines is 1. The molecule has 0 fully saturated rings. The van der Waals surface area contributed by atoms with Crippen LogP contribution in [0.25, 0.3) is 17.1 Å². The molecule has 3 aromatic heterocycles. The summed E-state index contributed by atoms with van der Waals surface area (Å²) in [4.78, 5) is 41.6. The highest BCUT2D eigenvalue weighted by atomic mass is 32.1. The first-order valence-electron chi connectivity index (χ1n) is 17.1. The van der Waals surface area contributed by atoms with Crippen LogP contribution in [-0.4, -0.2) is 67.0 Å². The molecule has 0 aliphatic carbocycles. The van der Waals surface area contributed by atoms with E-state index in [1.54, 1.807) is 72.9 Å². The van der Waals surface area contributed by atoms with Gasteiger partial charge in [0.15, 0.2) is 16.6 Å². The SMILES string of the molecule is COc1ccc(-n2nc(-c3cn(CCOc4cc5c(cc4Oc4ccc(C(=O)O)c(F)c4)[C@@](C)(CC(=O)Nc4nccs4)NCC5)nn3)cc(C)c2=O)cc1. The van der Waals surface area contributed by atoms with Crippen LogP contribution in [0.15, 0.2) is 83.2 Å². The van der Waals surface area contributed by atoms with Gasteiger partial charge in [-0.2, -0.15) is 9.78 Å². The van der Waals surface area contributed by atoms with Crippen molar-refractivity contribution >= 4 is 28.3 Å². The molecule has 0 saturated carbocycles. The molecule has 3 N–H and O–H groups in total. The number of amides is 1. The minimum absolute atomic E-state index is 0.0546. The highest BCUT2D eigenvalue weighted by Gasteiger charge is 2.35. The van der Waals surface area contributed by atoms with Gasteiger partial charge in [-0.05, 0) is 86.0 Å². The Labute approximate surface area is 317 Å². The number of carbonyl (C=O) groups excluding carboxylic acids is 1. The number of aromatic carboxylic acids is 1. The van der Waals surface area contributed by atoms with Crippen LogP contribution in [0.1, 0.15) is 40.4 Å². The number of benzene rings is 3. The van der Waals surface area contributed by atoms with Gasteiger partial charge >= 0.3 is 5.97 Å². The summed E-state index contributed by atoms with van der Waals surface area (Å²) in [5.74, 6) is -1.31. The van der Waals surface area contributed by atoms with Crippen LogP contribution in [0, 0.1) is 12.7 Å². The number of ether oxygens (including phenoxy) is 3. The summed E-state index contributed by atoms with van der Waals surface area (Å²) >= 11 is 1.32. The lowest BCUT2D eigenvalue weighted by atomic mass is 9.81. The molecule has 0 saturated heterocycles. The maximum atomic E-state index is 14.7. The van der Waals surface area contributed by atoms with E-state index in [1.807, 2.05) is 13.0 Å². The van der Waals surface area contributed by atoms with Crippen LogP contribution >= 0.6 is 11.3 Å². The molecule has 0 unspecified atom stereocenters. The summed E-state index contributed by atoms with van der Waals surface area (Å²) in [6.07, 6.45) is 4.02. The Balaban J connectivity index is 1.13. The summed E-state index contributed by atoms with van der Waals surface area (Å²) in [5.41, 5.74) is 2.08. The Morgan fingerprint density at radius 1 is 1.07 bits per heavy atom. The number of hydrogen-bond donors (Lipinski definition) is 3. The van der Waals surface area contributed by atoms with Gasteiger partial charge in [-0.25, -0.2) is 18.9 Å². The molecule has 3 aromatic carbocycles. The van der Waals surface area contributed by atoms with Crippen molar-refractivity contribution in [1.82, 2.24) is 35.1 Å². The van der Waals surface area contributed by atoms with E-state index in [9.17, 15) is 23.9 Å².